The first-order valence-electron chi connectivity index (χ1n) is 8.90. The first-order valence-corrected chi connectivity index (χ1v) is 8.90. The van der Waals surface area contributed by atoms with Gasteiger partial charge in [-0.25, -0.2) is 0 Å². The highest BCUT2D eigenvalue weighted by molar-refractivity contribution is 6.34. The number of nitrogens with zero attached hydrogens (tertiary/aromatic N) is 2. The fourth-order valence-corrected chi connectivity index (χ4v) is 3.17. The molecule has 25 heavy (non-hydrogen) atoms. The Morgan fingerprint density at radius 1 is 0.760 bits per heavy atom. The molecule has 3 rings (SSSR count). The number of likely N-dealkylation sites (tertiary alicyclic amines) is 1. The van der Waals surface area contributed by atoms with Crippen molar-refractivity contribution >= 4 is 11.8 Å². The Hall–Kier alpha value is -2.62. The van der Waals surface area contributed by atoms with Crippen LogP contribution >= 0.6 is 0 Å². The summed E-state index contributed by atoms with van der Waals surface area (Å²) in [6.45, 7) is 2.26. The van der Waals surface area contributed by atoms with Crippen molar-refractivity contribution in [3.63, 3.8) is 0 Å². The van der Waals surface area contributed by atoms with E-state index in [9.17, 15) is 9.59 Å². The predicted molar refractivity (Wildman–Crippen MR) is 97.6 cm³/mol. The van der Waals surface area contributed by atoms with E-state index in [4.69, 9.17) is 0 Å². The molecule has 4 nitrogen and oxygen atoms in total. The topological polar surface area (TPSA) is 40.6 Å². The third-order valence-corrected chi connectivity index (χ3v) is 4.55. The van der Waals surface area contributed by atoms with Crippen LogP contribution in [0.2, 0.25) is 0 Å². The fourth-order valence-electron chi connectivity index (χ4n) is 3.17. The highest BCUT2D eigenvalue weighted by atomic mass is 16.2. The molecule has 0 bridgehead atoms. The van der Waals surface area contributed by atoms with E-state index in [2.05, 4.69) is 0 Å². The van der Waals surface area contributed by atoms with E-state index in [0.717, 1.165) is 30.4 Å². The number of benzene rings is 2. The third-order valence-electron chi connectivity index (χ3n) is 4.55. The van der Waals surface area contributed by atoms with Gasteiger partial charge in [-0.3, -0.25) is 9.59 Å². The molecule has 0 N–H and O–H groups in total. The molecular formula is C21H24N2O2. The molecule has 0 atom stereocenters. The summed E-state index contributed by atoms with van der Waals surface area (Å²) >= 11 is 0. The fraction of sp³-hybridized carbons (Fsp3) is 0.333. The average molecular weight is 336 g/mol. The quantitative estimate of drug-likeness (QED) is 0.804. The van der Waals surface area contributed by atoms with Crippen molar-refractivity contribution in [2.75, 3.05) is 13.1 Å². The van der Waals surface area contributed by atoms with Crippen molar-refractivity contribution in [1.29, 1.82) is 0 Å². The monoisotopic (exact) mass is 336 g/mol. The largest absolute Gasteiger partial charge is 0.334 e. The van der Waals surface area contributed by atoms with E-state index >= 15 is 0 Å². The summed E-state index contributed by atoms with van der Waals surface area (Å²) in [5, 5.41) is 0. The van der Waals surface area contributed by atoms with Crippen molar-refractivity contribution in [3.8, 4) is 0 Å². The molecule has 1 aliphatic heterocycles. The second-order valence-electron chi connectivity index (χ2n) is 6.49. The lowest BCUT2D eigenvalue weighted by Crippen LogP contribution is -2.46. The van der Waals surface area contributed by atoms with Gasteiger partial charge in [0.2, 0.25) is 0 Å². The molecule has 1 heterocycles. The standard InChI is InChI=1S/C21H24N2O2/c24-20(22-14-8-3-9-15-22)21(25)23(16-18-10-4-1-5-11-18)17-19-12-6-2-7-13-19/h1-2,4-7,10-13H,3,8-9,14-17H2. The van der Waals surface area contributed by atoms with Gasteiger partial charge >= 0.3 is 11.8 Å². The molecule has 2 amide bonds. The zero-order valence-electron chi connectivity index (χ0n) is 14.4. The summed E-state index contributed by atoms with van der Waals surface area (Å²) in [5.41, 5.74) is 2.05. The van der Waals surface area contributed by atoms with Gasteiger partial charge in [-0.15, -0.1) is 0 Å². The molecule has 0 spiro atoms. The van der Waals surface area contributed by atoms with Gasteiger partial charge in [0, 0.05) is 26.2 Å². The van der Waals surface area contributed by atoms with E-state index < -0.39 is 5.91 Å². The van der Waals surface area contributed by atoms with Crippen molar-refractivity contribution in [1.82, 2.24) is 9.80 Å². The lowest BCUT2D eigenvalue weighted by Gasteiger charge is -2.29. The van der Waals surface area contributed by atoms with Crippen molar-refractivity contribution in [3.05, 3.63) is 71.8 Å². The second-order valence-corrected chi connectivity index (χ2v) is 6.49. The Bertz CT molecular complexity index is 653. The summed E-state index contributed by atoms with van der Waals surface area (Å²) in [6, 6.07) is 19.6. The Kier molecular flexibility index (Phi) is 5.83. The van der Waals surface area contributed by atoms with Gasteiger partial charge in [-0.05, 0) is 30.4 Å². The molecule has 0 aliphatic carbocycles. The van der Waals surface area contributed by atoms with E-state index in [-0.39, 0.29) is 5.91 Å². The first-order chi connectivity index (χ1) is 12.2. The van der Waals surface area contributed by atoms with Crippen LogP contribution in [0.4, 0.5) is 0 Å². The van der Waals surface area contributed by atoms with E-state index in [1.807, 2.05) is 60.7 Å². The van der Waals surface area contributed by atoms with E-state index in [1.54, 1.807) is 9.80 Å². The van der Waals surface area contributed by atoms with Crippen molar-refractivity contribution in [2.24, 2.45) is 0 Å². The molecule has 2 aromatic carbocycles. The molecule has 1 fully saturated rings. The molecule has 0 radical (unpaired) electrons. The van der Waals surface area contributed by atoms with E-state index in [0.29, 0.717) is 26.2 Å². The maximum absolute atomic E-state index is 12.9. The normalized spacial score (nSPS) is 14.2. The van der Waals surface area contributed by atoms with Gasteiger partial charge in [0.05, 0.1) is 0 Å². The van der Waals surface area contributed by atoms with E-state index in [1.165, 1.54) is 0 Å². The van der Waals surface area contributed by atoms with Gasteiger partial charge in [0.15, 0.2) is 0 Å². The predicted octanol–water partition coefficient (Wildman–Crippen LogP) is 3.23. The zero-order chi connectivity index (χ0) is 17.5. The van der Waals surface area contributed by atoms with Crippen LogP contribution in [-0.4, -0.2) is 34.7 Å². The summed E-state index contributed by atoms with van der Waals surface area (Å²) in [5.74, 6) is -0.777. The molecule has 0 aromatic heterocycles. The average Bonchev–Trinajstić information content (AvgIpc) is 2.68. The molecular weight excluding hydrogens is 312 g/mol. The third kappa shape index (κ3) is 4.69. The Balaban J connectivity index is 1.76. The number of amides is 2. The number of carbonyl (C=O) groups is 2. The number of carbonyl (C=O) groups excluding carboxylic acids is 2. The maximum Gasteiger partial charge on any atom is 0.312 e. The Morgan fingerprint density at radius 2 is 1.24 bits per heavy atom. The first kappa shape index (κ1) is 17.2. The van der Waals surface area contributed by atoms with Crippen LogP contribution < -0.4 is 0 Å². The Labute approximate surface area is 149 Å². The molecule has 2 aromatic rings. The summed E-state index contributed by atoms with van der Waals surface area (Å²) in [7, 11) is 0. The highest BCUT2D eigenvalue weighted by Gasteiger charge is 2.28. The number of piperidine rings is 1. The summed E-state index contributed by atoms with van der Waals surface area (Å²) in [6.07, 6.45) is 3.10. The van der Waals surface area contributed by atoms with Crippen LogP contribution in [0.15, 0.2) is 60.7 Å². The lowest BCUT2D eigenvalue weighted by molar-refractivity contribution is -0.153. The molecule has 4 heteroatoms. The second kappa shape index (κ2) is 8.47. The molecule has 1 aliphatic rings. The summed E-state index contributed by atoms with van der Waals surface area (Å²) in [4.78, 5) is 28.9. The van der Waals surface area contributed by atoms with Gasteiger partial charge in [-0.1, -0.05) is 60.7 Å². The number of hydrogen-bond donors (Lipinski definition) is 0. The van der Waals surface area contributed by atoms with Crippen molar-refractivity contribution in [2.45, 2.75) is 32.4 Å². The number of hydrogen-bond acceptors (Lipinski definition) is 2. The minimum Gasteiger partial charge on any atom is -0.334 e. The molecule has 0 saturated carbocycles. The van der Waals surface area contributed by atoms with Crippen molar-refractivity contribution < 1.29 is 9.59 Å². The van der Waals surface area contributed by atoms with Gasteiger partial charge in [-0.2, -0.15) is 0 Å². The maximum atomic E-state index is 12.9. The molecule has 130 valence electrons. The summed E-state index contributed by atoms with van der Waals surface area (Å²) < 4.78 is 0. The smallest absolute Gasteiger partial charge is 0.312 e. The van der Waals surface area contributed by atoms with Gasteiger partial charge in [0.1, 0.15) is 0 Å². The Morgan fingerprint density at radius 3 is 1.72 bits per heavy atom. The zero-order valence-corrected chi connectivity index (χ0v) is 14.4. The molecule has 1 saturated heterocycles. The van der Waals surface area contributed by atoms with Gasteiger partial charge in [0.25, 0.3) is 0 Å². The van der Waals surface area contributed by atoms with Gasteiger partial charge < -0.3 is 9.80 Å². The highest BCUT2D eigenvalue weighted by Crippen LogP contribution is 2.14. The lowest BCUT2D eigenvalue weighted by atomic mass is 10.1. The van der Waals surface area contributed by atoms with Crippen LogP contribution in [0.3, 0.4) is 0 Å². The molecule has 0 unspecified atom stereocenters. The van der Waals surface area contributed by atoms with Crippen LogP contribution in [0.25, 0.3) is 0 Å². The number of rotatable bonds is 4. The minimum atomic E-state index is -0.408. The van der Waals surface area contributed by atoms with Crippen LogP contribution in [0.5, 0.6) is 0 Å². The van der Waals surface area contributed by atoms with Crippen LogP contribution in [-0.2, 0) is 22.7 Å². The SMILES string of the molecule is O=C(C(=O)N(Cc1ccccc1)Cc1ccccc1)N1CCCCC1. The minimum absolute atomic E-state index is 0.369. The van der Waals surface area contributed by atoms with Crippen LogP contribution in [0.1, 0.15) is 30.4 Å². The van der Waals surface area contributed by atoms with Crippen LogP contribution in [0, 0.1) is 0 Å².